The molecule has 0 saturated heterocycles. The molecule has 0 fully saturated rings. The summed E-state index contributed by atoms with van der Waals surface area (Å²) in [6, 6.07) is 1.41. The lowest BCUT2D eigenvalue weighted by Crippen LogP contribution is -2.53. The predicted molar refractivity (Wildman–Crippen MR) is 156 cm³/mol. The van der Waals surface area contributed by atoms with Crippen molar-refractivity contribution < 1.29 is 8.23 Å². The van der Waals surface area contributed by atoms with Gasteiger partial charge in [0, 0.05) is 45.7 Å². The number of hydrogen-bond donors (Lipinski definition) is 0. The molecule has 0 rings (SSSR count). The third-order valence-corrected chi connectivity index (χ3v) is 15.9. The first-order chi connectivity index (χ1) is 14.0. The van der Waals surface area contributed by atoms with Crippen molar-refractivity contribution in [3.63, 3.8) is 0 Å². The van der Waals surface area contributed by atoms with E-state index in [0.29, 0.717) is 12.1 Å². The van der Waals surface area contributed by atoms with Crippen molar-refractivity contribution in [2.75, 3.05) is 0 Å². The van der Waals surface area contributed by atoms with E-state index >= 15 is 0 Å². The molecule has 2 nitrogen and oxygen atoms in total. The first-order valence-corrected chi connectivity index (χ1v) is 20.1. The van der Waals surface area contributed by atoms with Crippen molar-refractivity contribution in [3.05, 3.63) is 21.9 Å². The van der Waals surface area contributed by atoms with Crippen molar-refractivity contribution in [1.82, 2.24) is 0 Å². The molecule has 0 aliphatic heterocycles. The highest BCUT2D eigenvalue weighted by Gasteiger charge is 2.40. The van der Waals surface area contributed by atoms with Crippen molar-refractivity contribution in [2.24, 2.45) is 0 Å². The molecule has 14 radical (unpaired) electrons. The van der Waals surface area contributed by atoms with E-state index in [1.54, 1.807) is 7.17 Å². The first kappa shape index (κ1) is 31.7. The van der Waals surface area contributed by atoms with Crippen LogP contribution in [0.25, 0.3) is 0 Å². The minimum Gasteiger partial charge on any atom is -0.436 e. The van der Waals surface area contributed by atoms with Gasteiger partial charge < -0.3 is 8.23 Å². The lowest BCUT2D eigenvalue weighted by atomic mass is 9.01. The standard InChI is InChI=1S/C16H32B10O2Si3/c1-9-14(23-18)13(17)11-29(3,4)27-31(7,8)28-30(5,6)12-16(26(22)24-19)15(10-2)25(20)21/h9-12H2,1-8H3. The molecule has 0 aromatic rings. The van der Waals surface area contributed by atoms with Crippen LogP contribution in [0, 0.1) is 0 Å². The summed E-state index contributed by atoms with van der Waals surface area (Å²) in [7, 11) is 32.4. The SMILES string of the molecule is [B][B]B([B])C(C[Si](C)(C)O[Si](C)(C)O[Si](C)(C)CC([B])=C([B][B])CC)=C(CC)B([B])[B]. The maximum absolute atomic E-state index is 6.73. The van der Waals surface area contributed by atoms with E-state index in [4.69, 9.17) is 54.8 Å². The fourth-order valence-electron chi connectivity index (χ4n) is 4.15. The Morgan fingerprint density at radius 1 is 0.806 bits per heavy atom. The zero-order chi connectivity index (χ0) is 24.6. The molecule has 0 aromatic heterocycles. The van der Waals surface area contributed by atoms with Crippen molar-refractivity contribution in [3.8, 4) is 0 Å². The van der Waals surface area contributed by atoms with Crippen LogP contribution >= 0.6 is 0 Å². The van der Waals surface area contributed by atoms with Crippen LogP contribution in [-0.2, 0) is 8.23 Å². The molecule has 0 bridgehead atoms. The van der Waals surface area contributed by atoms with E-state index in [0.717, 1.165) is 34.7 Å². The van der Waals surface area contributed by atoms with Gasteiger partial charge in [0.2, 0.25) is 0 Å². The molecule has 0 saturated carbocycles. The van der Waals surface area contributed by atoms with Gasteiger partial charge in [0.1, 0.15) is 7.85 Å². The Morgan fingerprint density at radius 3 is 1.65 bits per heavy atom. The van der Waals surface area contributed by atoms with Gasteiger partial charge in [-0.05, 0) is 64.2 Å². The van der Waals surface area contributed by atoms with Gasteiger partial charge in [-0.3, -0.25) is 0 Å². The Bertz CT molecular complexity index is 635. The molecule has 15 heteroatoms. The quantitative estimate of drug-likeness (QED) is 0.377. The third-order valence-electron chi connectivity index (χ3n) is 5.08. The summed E-state index contributed by atoms with van der Waals surface area (Å²) in [6.07, 6.45) is 1.53. The normalized spacial score (nSPS) is 14.5. The Labute approximate surface area is 206 Å². The summed E-state index contributed by atoms with van der Waals surface area (Å²) < 4.78 is 13.4. The zero-order valence-corrected chi connectivity index (χ0v) is 23.9. The summed E-state index contributed by atoms with van der Waals surface area (Å²) in [4.78, 5) is 0. The number of hydrogen-bond acceptors (Lipinski definition) is 2. The highest BCUT2D eigenvalue weighted by atomic mass is 28.5. The summed E-state index contributed by atoms with van der Waals surface area (Å²) in [5.74, 6) is 0. The van der Waals surface area contributed by atoms with Gasteiger partial charge in [0.25, 0.3) is 0 Å². The molecular formula is C16H32B10O2Si3. The van der Waals surface area contributed by atoms with Crippen LogP contribution in [0.3, 0.4) is 0 Å². The minimum absolute atomic E-state index is 0.402. The van der Waals surface area contributed by atoms with Crippen LogP contribution in [-0.4, -0.2) is 98.9 Å². The Balaban J connectivity index is 5.60. The minimum atomic E-state index is -2.44. The Hall–Kier alpha value is 0.700. The predicted octanol–water partition coefficient (Wildman–Crippen LogP) is 1.76. The Kier molecular flexibility index (Phi) is 13.9. The van der Waals surface area contributed by atoms with Crippen LogP contribution in [0.5, 0.6) is 0 Å². The summed E-state index contributed by atoms with van der Waals surface area (Å²) in [5, 5.41) is 0. The molecule has 0 unspecified atom stereocenters. The van der Waals surface area contributed by atoms with E-state index in [-0.39, 0.29) is 0 Å². The zero-order valence-electron chi connectivity index (χ0n) is 20.9. The van der Waals surface area contributed by atoms with Crippen LogP contribution < -0.4 is 0 Å². The van der Waals surface area contributed by atoms with Crippen LogP contribution in [0.1, 0.15) is 26.7 Å². The fraction of sp³-hybridized carbons (Fsp3) is 0.750. The van der Waals surface area contributed by atoms with E-state index in [1.165, 1.54) is 7.06 Å². The molecule has 0 aromatic carbocycles. The van der Waals surface area contributed by atoms with Gasteiger partial charge in [-0.1, -0.05) is 13.8 Å². The monoisotopic (exact) mass is 450 g/mol. The molecule has 31 heavy (non-hydrogen) atoms. The Morgan fingerprint density at radius 2 is 1.29 bits per heavy atom. The summed E-state index contributed by atoms with van der Waals surface area (Å²) >= 11 is 0. The average molecular weight is 449 g/mol. The maximum Gasteiger partial charge on any atom is 0.311 e. The van der Waals surface area contributed by atoms with Gasteiger partial charge >= 0.3 is 8.56 Å². The lowest BCUT2D eigenvalue weighted by Gasteiger charge is -2.40. The van der Waals surface area contributed by atoms with Crippen LogP contribution in [0.2, 0.25) is 51.4 Å². The molecule has 0 heterocycles. The number of rotatable bonds is 14. The van der Waals surface area contributed by atoms with Gasteiger partial charge in [-0.15, -0.1) is 21.9 Å². The maximum atomic E-state index is 6.73. The molecule has 0 aliphatic carbocycles. The van der Waals surface area contributed by atoms with E-state index in [9.17, 15) is 0 Å². The van der Waals surface area contributed by atoms with E-state index < -0.39 is 38.2 Å². The van der Waals surface area contributed by atoms with E-state index in [1.807, 2.05) is 13.8 Å². The molecule has 0 amide bonds. The van der Waals surface area contributed by atoms with E-state index in [2.05, 4.69) is 39.3 Å². The molecule has 0 atom stereocenters. The van der Waals surface area contributed by atoms with Crippen molar-refractivity contribution in [2.45, 2.75) is 78.1 Å². The second-order valence-electron chi connectivity index (χ2n) is 9.70. The summed E-state index contributed by atoms with van der Waals surface area (Å²) in [5.41, 5.74) is 3.71. The van der Waals surface area contributed by atoms with Gasteiger partial charge in [-0.25, -0.2) is 0 Å². The van der Waals surface area contributed by atoms with Crippen LogP contribution in [0.15, 0.2) is 21.9 Å². The molecule has 0 aliphatic rings. The molecule has 150 valence electrons. The molecule has 0 spiro atoms. The smallest absolute Gasteiger partial charge is 0.311 e. The van der Waals surface area contributed by atoms with Gasteiger partial charge in [-0.2, -0.15) is 0 Å². The average Bonchev–Trinajstić information content (AvgIpc) is 2.58. The topological polar surface area (TPSA) is 18.5 Å². The van der Waals surface area contributed by atoms with Gasteiger partial charge in [0.05, 0.1) is 20.2 Å². The first-order valence-electron chi connectivity index (χ1n) is 11.0. The highest BCUT2D eigenvalue weighted by Crippen LogP contribution is 2.30. The number of allylic oxidation sites excluding steroid dienone is 4. The third kappa shape index (κ3) is 11.6. The van der Waals surface area contributed by atoms with Crippen LogP contribution in [0.4, 0.5) is 0 Å². The van der Waals surface area contributed by atoms with Crippen molar-refractivity contribution in [1.29, 1.82) is 0 Å². The lowest BCUT2D eigenvalue weighted by molar-refractivity contribution is 0.391. The van der Waals surface area contributed by atoms with Gasteiger partial charge in [0.15, 0.2) is 16.6 Å². The largest absolute Gasteiger partial charge is 0.436 e. The highest BCUT2D eigenvalue weighted by molar-refractivity contribution is 7.49. The molecular weight excluding hydrogens is 417 g/mol. The summed E-state index contributed by atoms with van der Waals surface area (Å²) in [6.45, 7) is 16.0. The second-order valence-corrected chi connectivity index (χ2v) is 21.9. The van der Waals surface area contributed by atoms with Crippen molar-refractivity contribution >= 4 is 98.9 Å². The second kappa shape index (κ2) is 13.6. The fourth-order valence-corrected chi connectivity index (χ4v) is 18.4. The molecule has 0 N–H and O–H groups in total.